The van der Waals surface area contributed by atoms with Crippen molar-refractivity contribution in [2.75, 3.05) is 7.11 Å². The summed E-state index contributed by atoms with van der Waals surface area (Å²) in [7, 11) is 1.32. The van der Waals surface area contributed by atoms with E-state index in [2.05, 4.69) is 5.32 Å². The van der Waals surface area contributed by atoms with E-state index in [1.165, 1.54) is 25.3 Å². The highest BCUT2D eigenvalue weighted by Crippen LogP contribution is 2.30. The number of halogens is 2. The first kappa shape index (κ1) is 15.9. The fourth-order valence-electron chi connectivity index (χ4n) is 1.94. The molecule has 0 spiro atoms. The van der Waals surface area contributed by atoms with Crippen LogP contribution < -0.4 is 5.32 Å². The lowest BCUT2D eigenvalue weighted by molar-refractivity contribution is -0.148. The normalized spacial score (nSPS) is 15.7. The molecular formula is C14H19ClFNO2. The molecule has 0 aliphatic carbocycles. The molecule has 0 radical (unpaired) electrons. The van der Waals surface area contributed by atoms with Crippen molar-refractivity contribution < 1.29 is 13.9 Å². The van der Waals surface area contributed by atoms with E-state index in [9.17, 15) is 9.18 Å². The average molecular weight is 288 g/mol. The van der Waals surface area contributed by atoms with Gasteiger partial charge >= 0.3 is 5.97 Å². The molecule has 0 aliphatic heterocycles. The van der Waals surface area contributed by atoms with Crippen LogP contribution >= 0.6 is 11.6 Å². The van der Waals surface area contributed by atoms with Crippen molar-refractivity contribution in [3.8, 4) is 0 Å². The van der Waals surface area contributed by atoms with Crippen LogP contribution in [0.2, 0.25) is 5.02 Å². The zero-order valence-electron chi connectivity index (χ0n) is 11.6. The number of carbonyl (C=O) groups excluding carboxylic acids is 1. The monoisotopic (exact) mass is 287 g/mol. The first-order valence-corrected chi connectivity index (χ1v) is 6.54. The molecule has 0 saturated carbocycles. The Hall–Kier alpha value is -1.13. The maximum atomic E-state index is 13.1. The SMILES string of the molecule is CCC(C)NC(C)(C(=O)OC)c1ccc(F)cc1Cl. The summed E-state index contributed by atoms with van der Waals surface area (Å²) in [5.41, 5.74) is -0.600. The Balaban J connectivity index is 3.26. The highest BCUT2D eigenvalue weighted by atomic mass is 35.5. The molecular weight excluding hydrogens is 269 g/mol. The van der Waals surface area contributed by atoms with Crippen LogP contribution in [-0.4, -0.2) is 19.1 Å². The summed E-state index contributed by atoms with van der Waals surface area (Å²) in [6.07, 6.45) is 0.839. The Morgan fingerprint density at radius 3 is 2.68 bits per heavy atom. The molecule has 19 heavy (non-hydrogen) atoms. The maximum Gasteiger partial charge on any atom is 0.330 e. The van der Waals surface area contributed by atoms with Crippen LogP contribution in [0.15, 0.2) is 18.2 Å². The summed E-state index contributed by atoms with van der Waals surface area (Å²) in [4.78, 5) is 12.1. The van der Waals surface area contributed by atoms with Gasteiger partial charge in [0.1, 0.15) is 11.4 Å². The average Bonchev–Trinajstić information content (AvgIpc) is 2.37. The van der Waals surface area contributed by atoms with Crippen LogP contribution in [-0.2, 0) is 15.1 Å². The molecule has 2 atom stereocenters. The maximum absolute atomic E-state index is 13.1. The van der Waals surface area contributed by atoms with Crippen LogP contribution in [0.1, 0.15) is 32.8 Å². The zero-order chi connectivity index (χ0) is 14.6. The van der Waals surface area contributed by atoms with E-state index in [4.69, 9.17) is 16.3 Å². The number of ether oxygens (including phenoxy) is 1. The number of rotatable bonds is 5. The summed E-state index contributed by atoms with van der Waals surface area (Å²) in [6, 6.07) is 4.06. The van der Waals surface area contributed by atoms with Crippen molar-refractivity contribution in [3.63, 3.8) is 0 Å². The molecule has 0 aromatic heterocycles. The molecule has 0 amide bonds. The van der Waals surface area contributed by atoms with E-state index < -0.39 is 17.3 Å². The van der Waals surface area contributed by atoms with Gasteiger partial charge in [-0.2, -0.15) is 0 Å². The molecule has 2 unspecified atom stereocenters. The number of hydrogen-bond acceptors (Lipinski definition) is 3. The second kappa shape index (κ2) is 6.35. The molecule has 0 saturated heterocycles. The highest BCUT2D eigenvalue weighted by Gasteiger charge is 2.38. The van der Waals surface area contributed by atoms with Gasteiger partial charge in [-0.3, -0.25) is 5.32 Å². The third-order valence-corrected chi connectivity index (χ3v) is 3.52. The first-order valence-electron chi connectivity index (χ1n) is 6.16. The lowest BCUT2D eigenvalue weighted by Crippen LogP contribution is -2.51. The smallest absolute Gasteiger partial charge is 0.330 e. The van der Waals surface area contributed by atoms with Crippen LogP contribution in [0.5, 0.6) is 0 Å². The molecule has 1 N–H and O–H groups in total. The van der Waals surface area contributed by atoms with E-state index in [1.54, 1.807) is 6.92 Å². The van der Waals surface area contributed by atoms with Crippen molar-refractivity contribution in [2.24, 2.45) is 0 Å². The molecule has 0 bridgehead atoms. The van der Waals surface area contributed by atoms with Crippen LogP contribution in [0.4, 0.5) is 4.39 Å². The summed E-state index contributed by atoms with van der Waals surface area (Å²) in [5, 5.41) is 3.39. The van der Waals surface area contributed by atoms with Gasteiger partial charge in [-0.25, -0.2) is 9.18 Å². The molecule has 1 aromatic carbocycles. The third-order valence-electron chi connectivity index (χ3n) is 3.21. The molecule has 0 heterocycles. The number of hydrogen-bond donors (Lipinski definition) is 1. The van der Waals surface area contributed by atoms with Crippen LogP contribution in [0.3, 0.4) is 0 Å². The summed E-state index contributed by atoms with van der Waals surface area (Å²) >= 11 is 6.05. The van der Waals surface area contributed by atoms with Gasteiger partial charge in [-0.05, 0) is 32.4 Å². The minimum atomic E-state index is -1.10. The fraction of sp³-hybridized carbons (Fsp3) is 0.500. The number of benzene rings is 1. The largest absolute Gasteiger partial charge is 0.467 e. The predicted octanol–water partition coefficient (Wildman–Crippen LogP) is 3.26. The highest BCUT2D eigenvalue weighted by molar-refractivity contribution is 6.31. The van der Waals surface area contributed by atoms with E-state index in [-0.39, 0.29) is 11.1 Å². The van der Waals surface area contributed by atoms with Crippen LogP contribution in [0, 0.1) is 5.82 Å². The van der Waals surface area contributed by atoms with Gasteiger partial charge in [0, 0.05) is 16.6 Å². The lowest BCUT2D eigenvalue weighted by Gasteiger charge is -2.32. The minimum absolute atomic E-state index is 0.0882. The minimum Gasteiger partial charge on any atom is -0.467 e. The van der Waals surface area contributed by atoms with Gasteiger partial charge in [0.05, 0.1) is 7.11 Å². The molecule has 1 rings (SSSR count). The summed E-state index contributed by atoms with van der Waals surface area (Å²) in [6.45, 7) is 5.64. The van der Waals surface area contributed by atoms with E-state index in [0.29, 0.717) is 5.56 Å². The van der Waals surface area contributed by atoms with E-state index in [1.807, 2.05) is 13.8 Å². The Morgan fingerprint density at radius 2 is 2.21 bits per heavy atom. The molecule has 3 nitrogen and oxygen atoms in total. The number of nitrogens with one attached hydrogen (secondary N) is 1. The lowest BCUT2D eigenvalue weighted by atomic mass is 9.90. The topological polar surface area (TPSA) is 38.3 Å². The fourth-order valence-corrected chi connectivity index (χ4v) is 2.30. The molecule has 5 heteroatoms. The first-order chi connectivity index (χ1) is 8.85. The third kappa shape index (κ3) is 3.45. The Kier molecular flexibility index (Phi) is 5.32. The second-order valence-electron chi connectivity index (χ2n) is 4.69. The molecule has 0 fully saturated rings. The zero-order valence-corrected chi connectivity index (χ0v) is 12.3. The number of methoxy groups -OCH3 is 1. The van der Waals surface area contributed by atoms with Gasteiger partial charge < -0.3 is 4.74 Å². The summed E-state index contributed by atoms with van der Waals surface area (Å²) < 4.78 is 18.0. The van der Waals surface area contributed by atoms with Gasteiger partial charge in [0.2, 0.25) is 0 Å². The van der Waals surface area contributed by atoms with Crippen molar-refractivity contribution in [2.45, 2.75) is 38.8 Å². The van der Waals surface area contributed by atoms with Gasteiger partial charge in [0.15, 0.2) is 0 Å². The second-order valence-corrected chi connectivity index (χ2v) is 5.10. The van der Waals surface area contributed by atoms with Gasteiger partial charge in [0.25, 0.3) is 0 Å². The van der Waals surface area contributed by atoms with Crippen molar-refractivity contribution in [1.82, 2.24) is 5.32 Å². The Labute approximate surface area is 118 Å². The Morgan fingerprint density at radius 1 is 1.58 bits per heavy atom. The van der Waals surface area contributed by atoms with Crippen molar-refractivity contribution in [3.05, 3.63) is 34.6 Å². The Bertz CT molecular complexity index is 467. The standard InChI is InChI=1S/C14H19ClFNO2/c1-5-9(2)17-14(3,13(18)19-4)11-7-6-10(16)8-12(11)15/h6-9,17H,5H2,1-4H3. The molecule has 0 aliphatic rings. The van der Waals surface area contributed by atoms with Gasteiger partial charge in [-0.1, -0.05) is 24.6 Å². The molecule has 1 aromatic rings. The number of esters is 1. The van der Waals surface area contributed by atoms with Crippen molar-refractivity contribution >= 4 is 17.6 Å². The van der Waals surface area contributed by atoms with Gasteiger partial charge in [-0.15, -0.1) is 0 Å². The van der Waals surface area contributed by atoms with Crippen LogP contribution in [0.25, 0.3) is 0 Å². The number of carbonyl (C=O) groups is 1. The summed E-state index contributed by atoms with van der Waals surface area (Å²) in [5.74, 6) is -0.897. The van der Waals surface area contributed by atoms with E-state index in [0.717, 1.165) is 6.42 Å². The van der Waals surface area contributed by atoms with Crippen molar-refractivity contribution in [1.29, 1.82) is 0 Å². The van der Waals surface area contributed by atoms with E-state index >= 15 is 0 Å². The quantitative estimate of drug-likeness (QED) is 0.845. The molecule has 106 valence electrons. The predicted molar refractivity (Wildman–Crippen MR) is 73.7 cm³/mol.